The van der Waals surface area contributed by atoms with Crippen LogP contribution in [0.5, 0.6) is 5.75 Å². The minimum Gasteiger partial charge on any atom is -0.496 e. The van der Waals surface area contributed by atoms with Crippen LogP contribution in [0.2, 0.25) is 0 Å². The summed E-state index contributed by atoms with van der Waals surface area (Å²) in [6.45, 7) is 5.06. The molecular weight excluding hydrogens is 278 g/mol. The first-order valence-corrected chi connectivity index (χ1v) is 7.91. The molecule has 0 radical (unpaired) electrons. The first-order valence-electron chi connectivity index (χ1n) is 7.91. The molecular formula is C17H23N3O2. The Bertz CT molecular complexity index is 665. The lowest BCUT2D eigenvalue weighted by Gasteiger charge is -2.22. The highest BCUT2D eigenvalue weighted by molar-refractivity contribution is 5.99. The summed E-state index contributed by atoms with van der Waals surface area (Å²) in [6.07, 6.45) is 2.38. The van der Waals surface area contributed by atoms with Crippen LogP contribution in [0.1, 0.15) is 30.3 Å². The number of fused-ring (bicyclic) bond motifs is 1. The van der Waals surface area contributed by atoms with Crippen LogP contribution in [0.25, 0.3) is 10.9 Å². The fourth-order valence-corrected chi connectivity index (χ4v) is 3.28. The molecule has 1 aromatic heterocycles. The van der Waals surface area contributed by atoms with Gasteiger partial charge in [0.05, 0.1) is 7.11 Å². The maximum Gasteiger partial charge on any atom is 0.267 e. The molecule has 1 amide bonds. The first kappa shape index (κ1) is 14.9. The van der Waals surface area contributed by atoms with E-state index in [0.29, 0.717) is 18.3 Å². The van der Waals surface area contributed by atoms with Gasteiger partial charge in [0.2, 0.25) is 0 Å². The fourth-order valence-electron chi connectivity index (χ4n) is 3.28. The largest absolute Gasteiger partial charge is 0.496 e. The number of ether oxygens (including phenoxy) is 1. The summed E-state index contributed by atoms with van der Waals surface area (Å²) >= 11 is 0. The molecule has 2 N–H and O–H groups in total. The number of carbonyl (C=O) groups excluding carboxylic acids is 1. The van der Waals surface area contributed by atoms with Gasteiger partial charge in [0.15, 0.2) is 0 Å². The molecule has 0 unspecified atom stereocenters. The molecule has 5 heteroatoms. The number of amides is 1. The van der Waals surface area contributed by atoms with Crippen molar-refractivity contribution in [3.8, 4) is 5.75 Å². The van der Waals surface area contributed by atoms with Crippen molar-refractivity contribution in [1.29, 1.82) is 0 Å². The molecule has 0 bridgehead atoms. The highest BCUT2D eigenvalue weighted by Crippen LogP contribution is 2.26. The number of nitrogens with zero attached hydrogens (tertiary/aromatic N) is 1. The van der Waals surface area contributed by atoms with E-state index in [2.05, 4.69) is 22.1 Å². The lowest BCUT2D eigenvalue weighted by Crippen LogP contribution is -2.40. The van der Waals surface area contributed by atoms with Gasteiger partial charge in [-0.15, -0.1) is 0 Å². The zero-order valence-corrected chi connectivity index (χ0v) is 13.2. The van der Waals surface area contributed by atoms with E-state index in [1.807, 2.05) is 24.3 Å². The van der Waals surface area contributed by atoms with E-state index < -0.39 is 0 Å². The second-order valence-corrected chi connectivity index (χ2v) is 5.74. The van der Waals surface area contributed by atoms with Crippen LogP contribution in [0.4, 0.5) is 0 Å². The SMILES string of the molecule is CCN1CCC[C@@H]1CNC(=O)c1cc2c(OC)cccc2[nH]1. The molecule has 118 valence electrons. The Morgan fingerprint density at radius 1 is 1.50 bits per heavy atom. The molecule has 5 nitrogen and oxygen atoms in total. The Labute approximate surface area is 130 Å². The van der Waals surface area contributed by atoms with Crippen molar-refractivity contribution in [2.24, 2.45) is 0 Å². The Morgan fingerprint density at radius 2 is 2.36 bits per heavy atom. The zero-order chi connectivity index (χ0) is 15.5. The number of hydrogen-bond acceptors (Lipinski definition) is 3. The lowest BCUT2D eigenvalue weighted by molar-refractivity contribution is 0.0937. The zero-order valence-electron chi connectivity index (χ0n) is 13.2. The van der Waals surface area contributed by atoms with Gasteiger partial charge in [-0.1, -0.05) is 13.0 Å². The summed E-state index contributed by atoms with van der Waals surface area (Å²) in [7, 11) is 1.64. The first-order chi connectivity index (χ1) is 10.7. The third kappa shape index (κ3) is 2.81. The topological polar surface area (TPSA) is 57.4 Å². The van der Waals surface area contributed by atoms with Crippen LogP contribution >= 0.6 is 0 Å². The number of nitrogens with one attached hydrogen (secondary N) is 2. The van der Waals surface area contributed by atoms with Gasteiger partial charge in [0.1, 0.15) is 11.4 Å². The Balaban J connectivity index is 1.70. The van der Waals surface area contributed by atoms with Crippen molar-refractivity contribution < 1.29 is 9.53 Å². The van der Waals surface area contributed by atoms with Gasteiger partial charge in [0.25, 0.3) is 5.91 Å². The van der Waals surface area contributed by atoms with Gasteiger partial charge in [-0.2, -0.15) is 0 Å². The predicted octanol–water partition coefficient (Wildman–Crippen LogP) is 2.39. The molecule has 0 saturated carbocycles. The van der Waals surface area contributed by atoms with Gasteiger partial charge in [-0.3, -0.25) is 9.69 Å². The smallest absolute Gasteiger partial charge is 0.267 e. The standard InChI is InChI=1S/C17H23N3O2/c1-3-20-9-5-6-12(20)11-18-17(21)15-10-13-14(19-15)7-4-8-16(13)22-2/h4,7-8,10,12,19H,3,5-6,9,11H2,1-2H3,(H,18,21)/t12-/m1/s1. The number of aromatic amines is 1. The van der Waals surface area contributed by atoms with Crippen molar-refractivity contribution in [2.75, 3.05) is 26.7 Å². The number of rotatable bonds is 5. The van der Waals surface area contributed by atoms with Crippen LogP contribution < -0.4 is 10.1 Å². The number of hydrogen-bond donors (Lipinski definition) is 2. The van der Waals surface area contributed by atoms with E-state index >= 15 is 0 Å². The van der Waals surface area contributed by atoms with E-state index in [9.17, 15) is 4.79 Å². The monoisotopic (exact) mass is 301 g/mol. The number of benzene rings is 1. The minimum atomic E-state index is -0.0544. The molecule has 22 heavy (non-hydrogen) atoms. The summed E-state index contributed by atoms with van der Waals surface area (Å²) in [5.74, 6) is 0.724. The highest BCUT2D eigenvalue weighted by Gasteiger charge is 2.23. The highest BCUT2D eigenvalue weighted by atomic mass is 16.5. The van der Waals surface area contributed by atoms with Crippen LogP contribution in [0.15, 0.2) is 24.3 Å². The van der Waals surface area contributed by atoms with Crippen molar-refractivity contribution in [2.45, 2.75) is 25.8 Å². The van der Waals surface area contributed by atoms with Crippen molar-refractivity contribution in [1.82, 2.24) is 15.2 Å². The van der Waals surface area contributed by atoms with E-state index in [1.54, 1.807) is 7.11 Å². The number of aromatic nitrogens is 1. The second kappa shape index (κ2) is 6.40. The Hall–Kier alpha value is -2.01. The number of methoxy groups -OCH3 is 1. The van der Waals surface area contributed by atoms with Crippen molar-refractivity contribution >= 4 is 16.8 Å². The molecule has 2 heterocycles. The number of likely N-dealkylation sites (N-methyl/N-ethyl adjacent to an activating group) is 1. The van der Waals surface area contributed by atoms with Crippen LogP contribution in [-0.4, -0.2) is 48.6 Å². The summed E-state index contributed by atoms with van der Waals surface area (Å²) in [5, 5.41) is 3.99. The molecule has 0 spiro atoms. The van der Waals surface area contributed by atoms with Gasteiger partial charge in [-0.25, -0.2) is 0 Å². The number of carbonyl (C=O) groups is 1. The van der Waals surface area contributed by atoms with Gasteiger partial charge in [-0.05, 0) is 44.1 Å². The van der Waals surface area contributed by atoms with Crippen molar-refractivity contribution in [3.63, 3.8) is 0 Å². The Morgan fingerprint density at radius 3 is 3.14 bits per heavy atom. The van der Waals surface area contributed by atoms with Crippen LogP contribution in [-0.2, 0) is 0 Å². The molecule has 2 aromatic rings. The van der Waals surface area contributed by atoms with E-state index in [0.717, 1.165) is 36.2 Å². The summed E-state index contributed by atoms with van der Waals surface area (Å²) in [5.41, 5.74) is 1.50. The molecule has 1 aliphatic heterocycles. The molecule has 1 atom stereocenters. The average Bonchev–Trinajstić information content (AvgIpc) is 3.17. The molecule has 3 rings (SSSR count). The third-order valence-corrected chi connectivity index (χ3v) is 4.49. The van der Waals surface area contributed by atoms with E-state index in [1.165, 1.54) is 6.42 Å². The average molecular weight is 301 g/mol. The molecule has 1 fully saturated rings. The van der Waals surface area contributed by atoms with Gasteiger partial charge >= 0.3 is 0 Å². The van der Waals surface area contributed by atoms with Gasteiger partial charge < -0.3 is 15.0 Å². The molecule has 0 aliphatic carbocycles. The summed E-state index contributed by atoms with van der Waals surface area (Å²) in [4.78, 5) is 18.0. The van der Waals surface area contributed by atoms with Crippen LogP contribution in [0.3, 0.4) is 0 Å². The second-order valence-electron chi connectivity index (χ2n) is 5.74. The van der Waals surface area contributed by atoms with Gasteiger partial charge in [0, 0.05) is 23.5 Å². The quantitative estimate of drug-likeness (QED) is 0.891. The Kier molecular flexibility index (Phi) is 4.34. The normalized spacial score (nSPS) is 18.7. The summed E-state index contributed by atoms with van der Waals surface area (Å²) < 4.78 is 5.33. The van der Waals surface area contributed by atoms with Crippen LogP contribution in [0, 0.1) is 0 Å². The molecule has 1 saturated heterocycles. The van der Waals surface area contributed by atoms with Crippen molar-refractivity contribution in [3.05, 3.63) is 30.0 Å². The van der Waals surface area contributed by atoms with E-state index in [-0.39, 0.29) is 5.91 Å². The minimum absolute atomic E-state index is 0.0544. The number of H-pyrrole nitrogens is 1. The fraction of sp³-hybridized carbons (Fsp3) is 0.471. The number of likely N-dealkylation sites (tertiary alicyclic amines) is 1. The maximum absolute atomic E-state index is 12.4. The molecule has 1 aliphatic rings. The molecule has 1 aromatic carbocycles. The predicted molar refractivity (Wildman–Crippen MR) is 87.5 cm³/mol. The maximum atomic E-state index is 12.4. The third-order valence-electron chi connectivity index (χ3n) is 4.49. The summed E-state index contributed by atoms with van der Waals surface area (Å²) in [6, 6.07) is 8.08. The van der Waals surface area contributed by atoms with E-state index in [4.69, 9.17) is 4.74 Å². The lowest BCUT2D eigenvalue weighted by atomic mass is 10.2.